The molecule has 186 valence electrons. The molecule has 0 bridgehead atoms. The number of fused-ring (bicyclic) bond motifs is 1. The highest BCUT2D eigenvalue weighted by Crippen LogP contribution is 2.33. The standard InChI is InChI=1S/C29H35F2N3O/c30-24-16-21(17-25(31)18-24)4-3-11-33-12-9-23(10-13-33)29(35)20-34-14-7-22(8-15-34)27-19-32-28-6-2-1-5-26(27)28/h1-3,5-6,11,16-19,22-23,29,32,35H,4,7-10,12-15,20H2. The summed E-state index contributed by atoms with van der Waals surface area (Å²) in [6, 6.07) is 12.2. The summed E-state index contributed by atoms with van der Waals surface area (Å²) in [6.07, 6.45) is 10.6. The van der Waals surface area contributed by atoms with Crippen LogP contribution in [-0.2, 0) is 6.42 Å². The highest BCUT2D eigenvalue weighted by molar-refractivity contribution is 5.83. The van der Waals surface area contributed by atoms with E-state index in [1.54, 1.807) is 0 Å². The molecule has 5 rings (SSSR count). The zero-order chi connectivity index (χ0) is 24.2. The molecule has 3 heterocycles. The van der Waals surface area contributed by atoms with Crippen LogP contribution < -0.4 is 0 Å². The molecule has 2 saturated heterocycles. The van der Waals surface area contributed by atoms with Crippen LogP contribution in [-0.4, -0.2) is 58.7 Å². The highest BCUT2D eigenvalue weighted by atomic mass is 19.1. The Morgan fingerprint density at radius 3 is 2.43 bits per heavy atom. The van der Waals surface area contributed by atoms with Crippen LogP contribution in [0.1, 0.15) is 42.7 Å². The smallest absolute Gasteiger partial charge is 0.126 e. The number of nitrogens with zero attached hydrogens (tertiary/aromatic N) is 2. The number of H-pyrrole nitrogens is 1. The van der Waals surface area contributed by atoms with Crippen molar-refractivity contribution in [2.75, 3.05) is 32.7 Å². The van der Waals surface area contributed by atoms with E-state index in [1.807, 2.05) is 12.3 Å². The number of aromatic nitrogens is 1. The van der Waals surface area contributed by atoms with Gasteiger partial charge in [0.1, 0.15) is 11.6 Å². The predicted octanol–water partition coefficient (Wildman–Crippen LogP) is 5.45. The number of allylic oxidation sites excluding steroid dienone is 1. The van der Waals surface area contributed by atoms with Gasteiger partial charge >= 0.3 is 0 Å². The van der Waals surface area contributed by atoms with E-state index in [-0.39, 0.29) is 6.10 Å². The fourth-order valence-electron chi connectivity index (χ4n) is 5.79. The van der Waals surface area contributed by atoms with Crippen molar-refractivity contribution in [1.82, 2.24) is 14.8 Å². The molecule has 1 atom stereocenters. The van der Waals surface area contributed by atoms with Crippen LogP contribution in [0.2, 0.25) is 0 Å². The minimum absolute atomic E-state index is 0.291. The van der Waals surface area contributed by atoms with E-state index >= 15 is 0 Å². The lowest BCUT2D eigenvalue weighted by molar-refractivity contribution is 0.0319. The van der Waals surface area contributed by atoms with Gasteiger partial charge in [-0.3, -0.25) is 0 Å². The minimum Gasteiger partial charge on any atom is -0.392 e. The summed E-state index contributed by atoms with van der Waals surface area (Å²) in [5.74, 6) is -0.169. The van der Waals surface area contributed by atoms with Crippen molar-refractivity contribution in [2.24, 2.45) is 5.92 Å². The zero-order valence-electron chi connectivity index (χ0n) is 20.2. The van der Waals surface area contributed by atoms with Gasteiger partial charge in [0, 0.05) is 42.8 Å². The van der Waals surface area contributed by atoms with Crippen LogP contribution in [0.25, 0.3) is 10.9 Å². The molecule has 2 aromatic carbocycles. The summed E-state index contributed by atoms with van der Waals surface area (Å²) >= 11 is 0. The summed E-state index contributed by atoms with van der Waals surface area (Å²) in [5.41, 5.74) is 3.28. The third-order valence-electron chi connectivity index (χ3n) is 7.80. The van der Waals surface area contributed by atoms with Crippen molar-refractivity contribution in [2.45, 2.75) is 44.1 Å². The number of hydrogen-bond donors (Lipinski definition) is 2. The Labute approximate surface area is 206 Å². The summed E-state index contributed by atoms with van der Waals surface area (Å²) in [4.78, 5) is 8.08. The number of aliphatic hydroxyl groups is 1. The maximum atomic E-state index is 13.3. The lowest BCUT2D eigenvalue weighted by Crippen LogP contribution is -2.43. The van der Waals surface area contributed by atoms with Crippen molar-refractivity contribution >= 4 is 10.9 Å². The molecule has 0 amide bonds. The van der Waals surface area contributed by atoms with Gasteiger partial charge in [-0.2, -0.15) is 0 Å². The zero-order valence-corrected chi connectivity index (χ0v) is 20.2. The number of nitrogens with one attached hydrogen (secondary N) is 1. The predicted molar refractivity (Wildman–Crippen MR) is 136 cm³/mol. The maximum Gasteiger partial charge on any atom is 0.126 e. The number of aliphatic hydroxyl groups excluding tert-OH is 1. The van der Waals surface area contributed by atoms with Crippen LogP contribution in [0.5, 0.6) is 0 Å². The van der Waals surface area contributed by atoms with Gasteiger partial charge in [-0.25, -0.2) is 8.78 Å². The van der Waals surface area contributed by atoms with E-state index < -0.39 is 11.6 Å². The second-order valence-corrected chi connectivity index (χ2v) is 10.2. The second-order valence-electron chi connectivity index (χ2n) is 10.2. The third-order valence-corrected chi connectivity index (χ3v) is 7.80. The van der Waals surface area contributed by atoms with Gasteiger partial charge in [-0.1, -0.05) is 24.3 Å². The van der Waals surface area contributed by atoms with Crippen LogP contribution in [0.4, 0.5) is 8.78 Å². The van der Waals surface area contributed by atoms with E-state index in [0.29, 0.717) is 23.8 Å². The molecule has 35 heavy (non-hydrogen) atoms. The molecule has 1 unspecified atom stereocenters. The second kappa shape index (κ2) is 10.9. The molecule has 4 nitrogen and oxygen atoms in total. The van der Waals surface area contributed by atoms with Gasteiger partial charge in [0.05, 0.1) is 6.10 Å². The first-order chi connectivity index (χ1) is 17.0. The normalized spacial score (nSPS) is 19.7. The van der Waals surface area contributed by atoms with Crippen molar-refractivity contribution < 1.29 is 13.9 Å². The molecule has 3 aromatic rings. The molecule has 0 radical (unpaired) electrons. The molecule has 2 aliphatic rings. The number of piperidine rings is 2. The highest BCUT2D eigenvalue weighted by Gasteiger charge is 2.28. The number of benzene rings is 2. The molecule has 2 N–H and O–H groups in total. The molecular formula is C29H35F2N3O. The van der Waals surface area contributed by atoms with Crippen molar-refractivity contribution in [3.63, 3.8) is 0 Å². The maximum absolute atomic E-state index is 13.3. The van der Waals surface area contributed by atoms with E-state index in [1.165, 1.54) is 28.6 Å². The number of β-amino-alcohol motifs (C(OH)–C–C–N with tert-alkyl or cyclic N) is 1. The first-order valence-electron chi connectivity index (χ1n) is 12.9. The number of halogens is 2. The average Bonchev–Trinajstić information content (AvgIpc) is 3.29. The first kappa shape index (κ1) is 24.0. The van der Waals surface area contributed by atoms with Crippen LogP contribution in [0, 0.1) is 17.6 Å². The van der Waals surface area contributed by atoms with Crippen molar-refractivity contribution in [3.05, 3.63) is 83.7 Å². The van der Waals surface area contributed by atoms with E-state index in [4.69, 9.17) is 0 Å². The van der Waals surface area contributed by atoms with Crippen molar-refractivity contribution in [1.29, 1.82) is 0 Å². The average molecular weight is 480 g/mol. The third kappa shape index (κ3) is 5.93. The fraction of sp³-hybridized carbons (Fsp3) is 0.448. The number of para-hydroxylation sites is 1. The van der Waals surface area contributed by atoms with Gasteiger partial charge in [-0.05, 0) is 92.6 Å². The van der Waals surface area contributed by atoms with Crippen LogP contribution >= 0.6 is 0 Å². The summed E-state index contributed by atoms with van der Waals surface area (Å²) in [7, 11) is 0. The molecule has 0 aliphatic carbocycles. The molecular weight excluding hydrogens is 444 g/mol. The monoisotopic (exact) mass is 479 g/mol. The minimum atomic E-state index is -0.537. The quantitative estimate of drug-likeness (QED) is 0.473. The molecule has 0 saturated carbocycles. The lowest BCUT2D eigenvalue weighted by atomic mass is 9.87. The van der Waals surface area contributed by atoms with Gasteiger partial charge in [0.2, 0.25) is 0 Å². The van der Waals surface area contributed by atoms with E-state index in [9.17, 15) is 13.9 Å². The Hall–Kier alpha value is -2.70. The van der Waals surface area contributed by atoms with Gasteiger partial charge in [-0.15, -0.1) is 0 Å². The number of hydrogen-bond acceptors (Lipinski definition) is 3. The Morgan fingerprint density at radius 1 is 0.971 bits per heavy atom. The van der Waals surface area contributed by atoms with Crippen molar-refractivity contribution in [3.8, 4) is 0 Å². The fourth-order valence-corrected chi connectivity index (χ4v) is 5.79. The molecule has 6 heteroatoms. The summed E-state index contributed by atoms with van der Waals surface area (Å²) in [6.45, 7) is 4.62. The number of aromatic amines is 1. The van der Waals surface area contributed by atoms with Crippen LogP contribution in [0.15, 0.2) is 60.9 Å². The van der Waals surface area contributed by atoms with E-state index in [2.05, 4.69) is 45.2 Å². The van der Waals surface area contributed by atoms with Crippen LogP contribution in [0.3, 0.4) is 0 Å². The number of likely N-dealkylation sites (tertiary alicyclic amines) is 2. The Balaban J connectivity index is 1.04. The Kier molecular flexibility index (Phi) is 7.49. The lowest BCUT2D eigenvalue weighted by Gasteiger charge is -2.37. The summed E-state index contributed by atoms with van der Waals surface area (Å²) in [5, 5.41) is 12.3. The largest absolute Gasteiger partial charge is 0.392 e. The number of rotatable bonds is 7. The van der Waals surface area contributed by atoms with Gasteiger partial charge in [0.25, 0.3) is 0 Å². The Morgan fingerprint density at radius 2 is 1.69 bits per heavy atom. The van der Waals surface area contributed by atoms with E-state index in [0.717, 1.165) is 64.5 Å². The molecule has 1 aromatic heterocycles. The Bertz CT molecular complexity index is 1120. The molecule has 2 aliphatic heterocycles. The van der Waals surface area contributed by atoms with Gasteiger partial charge in [0.15, 0.2) is 0 Å². The van der Waals surface area contributed by atoms with Gasteiger partial charge < -0.3 is 19.9 Å². The molecule has 0 spiro atoms. The summed E-state index contributed by atoms with van der Waals surface area (Å²) < 4.78 is 26.7. The first-order valence-corrected chi connectivity index (χ1v) is 12.9. The topological polar surface area (TPSA) is 42.5 Å². The SMILES string of the molecule is OC(CN1CCC(c2c[nH]c3ccccc23)CC1)C1CCN(C=CCc2cc(F)cc(F)c2)CC1. The molecule has 2 fully saturated rings.